The van der Waals surface area contributed by atoms with Gasteiger partial charge >= 0.3 is 0 Å². The van der Waals surface area contributed by atoms with Crippen LogP contribution in [-0.4, -0.2) is 25.0 Å². The molecule has 2 aromatic rings. The summed E-state index contributed by atoms with van der Waals surface area (Å²) in [4.78, 5) is 4.86. The minimum atomic E-state index is 0.198. The topological polar surface area (TPSA) is 30.8 Å². The summed E-state index contributed by atoms with van der Waals surface area (Å²) >= 11 is 12.3. The maximum absolute atomic E-state index is 6.32. The number of aliphatic imine (C=N–C) groups is 1. The van der Waals surface area contributed by atoms with Crippen molar-refractivity contribution in [3.05, 3.63) is 63.1 Å². The minimum Gasteiger partial charge on any atom is -0.490 e. The summed E-state index contributed by atoms with van der Waals surface area (Å²) in [5.41, 5.74) is 4.14. The largest absolute Gasteiger partial charge is 0.490 e. The average Bonchev–Trinajstić information content (AvgIpc) is 2.69. The van der Waals surface area contributed by atoms with Gasteiger partial charge in [-0.1, -0.05) is 49.2 Å². The SMILES string of the molecule is CCCOc1cc2c(cc1OCCC)C(/C=C/c1ccc(Cl)cc1Cl)=NC(C)C2. The monoisotopic (exact) mass is 431 g/mol. The number of halogens is 2. The molecule has 0 aliphatic carbocycles. The molecular formula is C24H27Cl2NO2. The van der Waals surface area contributed by atoms with Gasteiger partial charge in [-0.3, -0.25) is 4.99 Å². The molecule has 0 N–H and O–H groups in total. The Morgan fingerprint density at radius 2 is 1.69 bits per heavy atom. The van der Waals surface area contributed by atoms with Gasteiger partial charge in [-0.15, -0.1) is 0 Å². The second-order valence-electron chi connectivity index (χ2n) is 7.22. The van der Waals surface area contributed by atoms with Gasteiger partial charge in [0.25, 0.3) is 0 Å². The van der Waals surface area contributed by atoms with Crippen LogP contribution in [0.3, 0.4) is 0 Å². The molecule has 0 bridgehead atoms. The highest BCUT2D eigenvalue weighted by atomic mass is 35.5. The zero-order valence-electron chi connectivity index (χ0n) is 17.2. The van der Waals surface area contributed by atoms with E-state index in [0.717, 1.165) is 47.6 Å². The first-order valence-electron chi connectivity index (χ1n) is 10.2. The Labute approximate surface area is 183 Å². The lowest BCUT2D eigenvalue weighted by Gasteiger charge is -2.22. The molecule has 29 heavy (non-hydrogen) atoms. The van der Waals surface area contributed by atoms with Crippen LogP contribution < -0.4 is 9.47 Å². The van der Waals surface area contributed by atoms with Crippen molar-refractivity contribution in [3.63, 3.8) is 0 Å². The van der Waals surface area contributed by atoms with E-state index in [1.165, 1.54) is 5.56 Å². The second kappa shape index (κ2) is 10.2. The molecule has 1 heterocycles. The molecule has 1 unspecified atom stereocenters. The number of hydrogen-bond donors (Lipinski definition) is 0. The van der Waals surface area contributed by atoms with E-state index in [0.29, 0.717) is 23.3 Å². The molecule has 3 rings (SSSR count). The Kier molecular flexibility index (Phi) is 7.63. The summed E-state index contributed by atoms with van der Waals surface area (Å²) in [7, 11) is 0. The number of ether oxygens (including phenoxy) is 2. The Morgan fingerprint density at radius 3 is 2.34 bits per heavy atom. The minimum absolute atomic E-state index is 0.198. The number of allylic oxidation sites excluding steroid dienone is 1. The number of hydrogen-bond acceptors (Lipinski definition) is 3. The van der Waals surface area contributed by atoms with Crippen LogP contribution in [0.1, 0.15) is 50.3 Å². The maximum Gasteiger partial charge on any atom is 0.161 e. The molecule has 0 fully saturated rings. The third-order valence-corrected chi connectivity index (χ3v) is 5.19. The lowest BCUT2D eigenvalue weighted by atomic mass is 9.93. The third kappa shape index (κ3) is 5.55. The van der Waals surface area contributed by atoms with Crippen molar-refractivity contribution in [3.8, 4) is 11.5 Å². The normalized spacial score (nSPS) is 15.9. The lowest BCUT2D eigenvalue weighted by Crippen LogP contribution is -2.18. The fraction of sp³-hybridized carbons (Fsp3) is 0.375. The van der Waals surface area contributed by atoms with E-state index in [2.05, 4.69) is 32.9 Å². The van der Waals surface area contributed by atoms with Crippen molar-refractivity contribution in [2.24, 2.45) is 4.99 Å². The van der Waals surface area contributed by atoms with E-state index < -0.39 is 0 Å². The van der Waals surface area contributed by atoms with E-state index in [-0.39, 0.29) is 6.04 Å². The maximum atomic E-state index is 6.32. The molecule has 5 heteroatoms. The first kappa shape index (κ1) is 21.7. The van der Waals surface area contributed by atoms with Crippen molar-refractivity contribution < 1.29 is 9.47 Å². The molecule has 0 saturated heterocycles. The van der Waals surface area contributed by atoms with Crippen LogP contribution in [0.25, 0.3) is 6.08 Å². The van der Waals surface area contributed by atoms with E-state index in [1.54, 1.807) is 6.07 Å². The lowest BCUT2D eigenvalue weighted by molar-refractivity contribution is 0.268. The molecule has 154 valence electrons. The first-order valence-corrected chi connectivity index (χ1v) is 10.9. The van der Waals surface area contributed by atoms with E-state index in [9.17, 15) is 0 Å². The van der Waals surface area contributed by atoms with Gasteiger partial charge in [0, 0.05) is 15.6 Å². The van der Waals surface area contributed by atoms with Gasteiger partial charge < -0.3 is 9.47 Å². The summed E-state index contributed by atoms with van der Waals surface area (Å²) in [6.07, 6.45) is 6.77. The zero-order chi connectivity index (χ0) is 20.8. The Balaban J connectivity index is 1.97. The molecule has 1 aliphatic heterocycles. The fourth-order valence-electron chi connectivity index (χ4n) is 3.27. The summed E-state index contributed by atoms with van der Waals surface area (Å²) < 4.78 is 11.9. The molecule has 1 atom stereocenters. The van der Waals surface area contributed by atoms with Crippen LogP contribution in [0.2, 0.25) is 10.0 Å². The highest BCUT2D eigenvalue weighted by Crippen LogP contribution is 2.35. The molecule has 0 aromatic heterocycles. The van der Waals surface area contributed by atoms with E-state index in [4.69, 9.17) is 37.7 Å². The molecule has 0 amide bonds. The van der Waals surface area contributed by atoms with Crippen LogP contribution in [0.15, 0.2) is 41.4 Å². The number of rotatable bonds is 8. The van der Waals surface area contributed by atoms with Gasteiger partial charge in [-0.25, -0.2) is 0 Å². The third-order valence-electron chi connectivity index (χ3n) is 4.63. The van der Waals surface area contributed by atoms with Crippen molar-refractivity contribution >= 4 is 35.0 Å². The van der Waals surface area contributed by atoms with Crippen molar-refractivity contribution in [1.29, 1.82) is 0 Å². The average molecular weight is 432 g/mol. The summed E-state index contributed by atoms with van der Waals surface area (Å²) in [5.74, 6) is 1.59. The first-order chi connectivity index (χ1) is 14.0. The quantitative estimate of drug-likeness (QED) is 0.449. The smallest absolute Gasteiger partial charge is 0.161 e. The van der Waals surface area contributed by atoms with Gasteiger partial charge in [0.1, 0.15) is 0 Å². The number of benzene rings is 2. The molecule has 3 nitrogen and oxygen atoms in total. The number of nitrogens with zero attached hydrogens (tertiary/aromatic N) is 1. The van der Waals surface area contributed by atoms with Crippen LogP contribution in [-0.2, 0) is 6.42 Å². The molecule has 0 spiro atoms. The zero-order valence-corrected chi connectivity index (χ0v) is 18.7. The summed E-state index contributed by atoms with van der Waals surface area (Å²) in [5, 5.41) is 1.24. The van der Waals surface area contributed by atoms with Gasteiger partial charge in [0.2, 0.25) is 0 Å². The fourth-order valence-corrected chi connectivity index (χ4v) is 3.74. The van der Waals surface area contributed by atoms with Gasteiger partial charge in [-0.2, -0.15) is 0 Å². The highest BCUT2D eigenvalue weighted by molar-refractivity contribution is 6.35. The van der Waals surface area contributed by atoms with Crippen LogP contribution in [0.5, 0.6) is 11.5 Å². The molecule has 1 aliphatic rings. The Hall–Kier alpha value is -1.97. The molecule has 0 saturated carbocycles. The Morgan fingerprint density at radius 1 is 1.00 bits per heavy atom. The van der Waals surface area contributed by atoms with E-state index in [1.807, 2.05) is 24.3 Å². The predicted octanol–water partition coefficient (Wildman–Crippen LogP) is 7.02. The van der Waals surface area contributed by atoms with Gasteiger partial charge in [-0.05, 0) is 67.7 Å². The van der Waals surface area contributed by atoms with E-state index >= 15 is 0 Å². The summed E-state index contributed by atoms with van der Waals surface area (Å²) in [6.45, 7) is 7.65. The highest BCUT2D eigenvalue weighted by Gasteiger charge is 2.21. The van der Waals surface area contributed by atoms with Gasteiger partial charge in [0.05, 0.1) is 25.0 Å². The van der Waals surface area contributed by atoms with Crippen LogP contribution in [0, 0.1) is 0 Å². The van der Waals surface area contributed by atoms with Crippen molar-refractivity contribution in [2.75, 3.05) is 13.2 Å². The molecule has 0 radical (unpaired) electrons. The second-order valence-corrected chi connectivity index (χ2v) is 8.06. The molecule has 2 aromatic carbocycles. The van der Waals surface area contributed by atoms with Crippen LogP contribution >= 0.6 is 23.2 Å². The van der Waals surface area contributed by atoms with Crippen molar-refractivity contribution in [1.82, 2.24) is 0 Å². The summed E-state index contributed by atoms with van der Waals surface area (Å²) in [6, 6.07) is 9.87. The predicted molar refractivity (Wildman–Crippen MR) is 123 cm³/mol. The van der Waals surface area contributed by atoms with Crippen LogP contribution in [0.4, 0.5) is 0 Å². The van der Waals surface area contributed by atoms with Crippen molar-refractivity contribution in [2.45, 2.75) is 46.1 Å². The number of fused-ring (bicyclic) bond motifs is 1. The van der Waals surface area contributed by atoms with Gasteiger partial charge in [0.15, 0.2) is 11.5 Å². The molecular weight excluding hydrogens is 405 g/mol. The Bertz CT molecular complexity index is 921. The standard InChI is InChI=1S/C24H27Cl2NO2/c1-4-10-28-23-13-18-12-16(3)27-22(20(18)15-24(23)29-11-5-2)9-7-17-6-8-19(25)14-21(17)26/h6-9,13-16H,4-5,10-12H2,1-3H3/b9-7+.